The van der Waals surface area contributed by atoms with Gasteiger partial charge >= 0.3 is 0 Å². The zero-order valence-electron chi connectivity index (χ0n) is 13.1. The summed E-state index contributed by atoms with van der Waals surface area (Å²) in [6, 6.07) is 8.04. The van der Waals surface area contributed by atoms with Crippen LogP contribution in [-0.2, 0) is 17.8 Å². The van der Waals surface area contributed by atoms with Crippen molar-refractivity contribution < 1.29 is 4.79 Å². The van der Waals surface area contributed by atoms with E-state index in [1.165, 1.54) is 10.4 Å². The molecule has 122 valence electrons. The Morgan fingerprint density at radius 3 is 2.75 bits per heavy atom. The number of nitrogens with one attached hydrogen (secondary N) is 3. The smallest absolute Gasteiger partial charge is 0.221 e. The second-order valence-corrected chi connectivity index (χ2v) is 6.73. The number of carbonyl (C=O) groups is 1. The largest absolute Gasteiger partial charge is 0.317 e. The molecule has 1 aromatic carbocycles. The molecule has 8 heteroatoms. The average Bonchev–Trinajstić information content (AvgIpc) is 3.22. The predicted molar refractivity (Wildman–Crippen MR) is 92.6 cm³/mol. The van der Waals surface area contributed by atoms with Crippen LogP contribution in [-0.4, -0.2) is 33.1 Å². The van der Waals surface area contributed by atoms with Crippen molar-refractivity contribution in [2.24, 2.45) is 0 Å². The fourth-order valence-corrected chi connectivity index (χ4v) is 4.24. The number of anilines is 1. The van der Waals surface area contributed by atoms with Gasteiger partial charge in [0.15, 0.2) is 0 Å². The maximum Gasteiger partial charge on any atom is 0.221 e. The highest BCUT2D eigenvalue weighted by molar-refractivity contribution is 7.17. The standard InChI is InChI=1S/C16H16N6OS/c1-9(23)18-16-14(12-6-7-17-8-13(12)24-16)10-2-4-11(5-3-10)15-19-21-22-20-15/h2-5,17H,6-8H2,1H3,(H,18,23)(H,19,20,21,22). The maximum absolute atomic E-state index is 11.6. The lowest BCUT2D eigenvalue weighted by molar-refractivity contribution is -0.114. The van der Waals surface area contributed by atoms with Gasteiger partial charge in [-0.05, 0) is 29.3 Å². The SMILES string of the molecule is CC(=O)Nc1sc2c(c1-c1ccc(-c3nn[nH]n3)cc1)CCNC2. The summed E-state index contributed by atoms with van der Waals surface area (Å²) < 4.78 is 0. The minimum Gasteiger partial charge on any atom is -0.317 e. The minimum atomic E-state index is -0.0498. The van der Waals surface area contributed by atoms with Gasteiger partial charge < -0.3 is 10.6 Å². The molecular formula is C16H16N6OS. The third kappa shape index (κ3) is 2.70. The molecule has 0 bridgehead atoms. The summed E-state index contributed by atoms with van der Waals surface area (Å²) in [4.78, 5) is 12.9. The van der Waals surface area contributed by atoms with Crippen LogP contribution in [0.2, 0.25) is 0 Å². The molecule has 1 aliphatic heterocycles. The van der Waals surface area contributed by atoms with Gasteiger partial charge in [-0.25, -0.2) is 0 Å². The van der Waals surface area contributed by atoms with Crippen molar-refractivity contribution in [3.63, 3.8) is 0 Å². The molecule has 0 saturated heterocycles. The van der Waals surface area contributed by atoms with E-state index in [2.05, 4.69) is 31.3 Å². The number of aromatic nitrogens is 4. The van der Waals surface area contributed by atoms with Gasteiger partial charge in [0.05, 0.1) is 0 Å². The lowest BCUT2D eigenvalue weighted by Gasteiger charge is -2.14. The number of amides is 1. The van der Waals surface area contributed by atoms with Gasteiger partial charge in [0, 0.05) is 29.5 Å². The molecule has 3 heterocycles. The molecule has 3 aromatic rings. The number of nitrogens with zero attached hydrogens (tertiary/aromatic N) is 3. The third-order valence-corrected chi connectivity index (χ3v) is 5.14. The molecule has 0 aliphatic carbocycles. The van der Waals surface area contributed by atoms with E-state index < -0.39 is 0 Å². The molecule has 24 heavy (non-hydrogen) atoms. The highest BCUT2D eigenvalue weighted by Crippen LogP contribution is 2.42. The van der Waals surface area contributed by atoms with Gasteiger partial charge in [0.2, 0.25) is 11.7 Å². The van der Waals surface area contributed by atoms with Crippen LogP contribution < -0.4 is 10.6 Å². The van der Waals surface area contributed by atoms with Crippen LogP contribution in [0.1, 0.15) is 17.4 Å². The van der Waals surface area contributed by atoms with Gasteiger partial charge in [-0.1, -0.05) is 24.3 Å². The molecule has 7 nitrogen and oxygen atoms in total. The number of tetrazole rings is 1. The number of carbonyl (C=O) groups excluding carboxylic acids is 1. The van der Waals surface area contributed by atoms with E-state index >= 15 is 0 Å². The lowest BCUT2D eigenvalue weighted by Crippen LogP contribution is -2.22. The van der Waals surface area contributed by atoms with Crippen LogP contribution in [0.25, 0.3) is 22.5 Å². The first-order valence-electron chi connectivity index (χ1n) is 7.69. The summed E-state index contributed by atoms with van der Waals surface area (Å²) in [5.41, 5.74) is 4.45. The fourth-order valence-electron chi connectivity index (χ4n) is 2.96. The van der Waals surface area contributed by atoms with Crippen LogP contribution in [0, 0.1) is 0 Å². The minimum absolute atomic E-state index is 0.0498. The zero-order chi connectivity index (χ0) is 16.5. The summed E-state index contributed by atoms with van der Waals surface area (Å²) in [5.74, 6) is 0.520. The summed E-state index contributed by atoms with van der Waals surface area (Å²) >= 11 is 1.65. The summed E-state index contributed by atoms with van der Waals surface area (Å²) in [5, 5.41) is 21.3. The van der Waals surface area contributed by atoms with E-state index in [9.17, 15) is 4.79 Å². The molecule has 0 unspecified atom stereocenters. The van der Waals surface area contributed by atoms with Crippen LogP contribution >= 0.6 is 11.3 Å². The second-order valence-electron chi connectivity index (χ2n) is 5.63. The van der Waals surface area contributed by atoms with Crippen molar-refractivity contribution in [3.05, 3.63) is 34.7 Å². The third-order valence-electron chi connectivity index (χ3n) is 3.99. The van der Waals surface area contributed by atoms with E-state index in [0.29, 0.717) is 5.82 Å². The van der Waals surface area contributed by atoms with Crippen LogP contribution in [0.15, 0.2) is 24.3 Å². The molecule has 2 aromatic heterocycles. The summed E-state index contributed by atoms with van der Waals surface area (Å²) in [6.07, 6.45) is 0.966. The first kappa shape index (κ1) is 15.0. The van der Waals surface area contributed by atoms with Crippen molar-refractivity contribution in [2.75, 3.05) is 11.9 Å². The van der Waals surface area contributed by atoms with Crippen molar-refractivity contribution in [1.82, 2.24) is 25.9 Å². The molecular weight excluding hydrogens is 324 g/mol. The second kappa shape index (κ2) is 6.14. The van der Waals surface area contributed by atoms with Gasteiger partial charge in [0.25, 0.3) is 0 Å². The zero-order valence-corrected chi connectivity index (χ0v) is 13.9. The van der Waals surface area contributed by atoms with E-state index in [1.54, 1.807) is 18.3 Å². The fraction of sp³-hybridized carbons (Fsp3) is 0.250. The molecule has 1 amide bonds. The molecule has 0 fully saturated rings. The molecule has 0 spiro atoms. The Balaban J connectivity index is 1.77. The molecule has 0 radical (unpaired) electrons. The first-order chi connectivity index (χ1) is 11.7. The predicted octanol–water partition coefficient (Wildman–Crippen LogP) is 2.20. The van der Waals surface area contributed by atoms with Crippen molar-refractivity contribution in [2.45, 2.75) is 19.9 Å². The molecule has 0 atom stereocenters. The van der Waals surface area contributed by atoms with Gasteiger partial charge in [-0.15, -0.1) is 21.5 Å². The Kier molecular flexibility index (Phi) is 3.83. The van der Waals surface area contributed by atoms with E-state index in [4.69, 9.17) is 0 Å². The number of hydrogen-bond donors (Lipinski definition) is 3. The number of thiophene rings is 1. The summed E-state index contributed by atoms with van der Waals surface area (Å²) in [6.45, 7) is 3.35. The first-order valence-corrected chi connectivity index (χ1v) is 8.51. The number of fused-ring (bicyclic) bond motifs is 1. The average molecular weight is 340 g/mol. The number of H-pyrrole nitrogens is 1. The van der Waals surface area contributed by atoms with Crippen LogP contribution in [0.3, 0.4) is 0 Å². The highest BCUT2D eigenvalue weighted by Gasteiger charge is 2.22. The van der Waals surface area contributed by atoms with Crippen LogP contribution in [0.5, 0.6) is 0 Å². The lowest BCUT2D eigenvalue weighted by atomic mass is 9.97. The number of hydrogen-bond acceptors (Lipinski definition) is 6. The van der Waals surface area contributed by atoms with E-state index in [-0.39, 0.29) is 5.91 Å². The molecule has 4 rings (SSSR count). The highest BCUT2D eigenvalue weighted by atomic mass is 32.1. The van der Waals surface area contributed by atoms with Gasteiger partial charge in [0.1, 0.15) is 5.00 Å². The van der Waals surface area contributed by atoms with Crippen molar-refractivity contribution >= 4 is 22.2 Å². The van der Waals surface area contributed by atoms with Gasteiger partial charge in [-0.3, -0.25) is 4.79 Å². The Labute approximate surface area is 142 Å². The number of rotatable bonds is 3. The van der Waals surface area contributed by atoms with Crippen molar-refractivity contribution in [1.29, 1.82) is 0 Å². The van der Waals surface area contributed by atoms with E-state index in [0.717, 1.165) is 41.2 Å². The van der Waals surface area contributed by atoms with E-state index in [1.807, 2.05) is 24.3 Å². The monoisotopic (exact) mass is 340 g/mol. The topological polar surface area (TPSA) is 95.6 Å². The molecule has 3 N–H and O–H groups in total. The maximum atomic E-state index is 11.6. The Morgan fingerprint density at radius 1 is 1.25 bits per heavy atom. The Bertz CT molecular complexity index is 869. The summed E-state index contributed by atoms with van der Waals surface area (Å²) in [7, 11) is 0. The quantitative estimate of drug-likeness (QED) is 0.679. The normalized spacial score (nSPS) is 13.5. The number of aromatic amines is 1. The number of benzene rings is 1. The Hall–Kier alpha value is -2.58. The van der Waals surface area contributed by atoms with Crippen molar-refractivity contribution in [3.8, 4) is 22.5 Å². The molecule has 0 saturated carbocycles. The Morgan fingerprint density at radius 2 is 2.04 bits per heavy atom. The van der Waals surface area contributed by atoms with Gasteiger partial charge in [-0.2, -0.15) is 5.21 Å². The molecule has 1 aliphatic rings. The van der Waals surface area contributed by atoms with Crippen LogP contribution in [0.4, 0.5) is 5.00 Å².